The van der Waals surface area contributed by atoms with Crippen LogP contribution in [0.1, 0.15) is 11.1 Å². The quantitative estimate of drug-likeness (QED) is 0.610. The van der Waals surface area contributed by atoms with Crippen molar-refractivity contribution >= 4 is 5.84 Å². The molecule has 0 spiro atoms. The minimum Gasteiger partial charge on any atom is -0.384 e. The van der Waals surface area contributed by atoms with Crippen molar-refractivity contribution in [2.75, 3.05) is 0 Å². The Kier molecular flexibility index (Phi) is 3.05. The van der Waals surface area contributed by atoms with Crippen molar-refractivity contribution in [3.8, 4) is 0 Å². The molecule has 17 heavy (non-hydrogen) atoms. The number of amidine groups is 1. The van der Waals surface area contributed by atoms with Gasteiger partial charge in [0.2, 0.25) is 0 Å². The predicted molar refractivity (Wildman–Crippen MR) is 67.3 cm³/mol. The Morgan fingerprint density at radius 3 is 2.76 bits per heavy atom. The second-order valence-electron chi connectivity index (χ2n) is 3.78. The van der Waals surface area contributed by atoms with Gasteiger partial charge in [0.05, 0.1) is 6.54 Å². The van der Waals surface area contributed by atoms with Crippen LogP contribution in [0.3, 0.4) is 0 Å². The fourth-order valence-electron chi connectivity index (χ4n) is 1.63. The lowest BCUT2D eigenvalue weighted by Gasteiger charge is -2.06. The van der Waals surface area contributed by atoms with Crippen LogP contribution in [0.5, 0.6) is 0 Å². The highest BCUT2D eigenvalue weighted by atomic mass is 16.1. The lowest BCUT2D eigenvalue weighted by Crippen LogP contribution is -2.18. The first-order valence-electron chi connectivity index (χ1n) is 5.25. The number of hydrogen-bond donors (Lipinski definition) is 2. The Morgan fingerprint density at radius 1 is 1.24 bits per heavy atom. The minimum atomic E-state index is -0.0410. The van der Waals surface area contributed by atoms with Crippen molar-refractivity contribution in [2.24, 2.45) is 5.73 Å². The number of hydrogen-bond acceptors (Lipinski definition) is 2. The molecule has 0 radical (unpaired) electrons. The first kappa shape index (κ1) is 11.1. The van der Waals surface area contributed by atoms with Gasteiger partial charge in [-0.05, 0) is 17.7 Å². The molecule has 0 aliphatic carbocycles. The maximum Gasteiger partial charge on any atom is 0.250 e. The second-order valence-corrected chi connectivity index (χ2v) is 3.78. The van der Waals surface area contributed by atoms with E-state index in [0.29, 0.717) is 12.1 Å². The van der Waals surface area contributed by atoms with Crippen molar-refractivity contribution in [3.63, 3.8) is 0 Å². The summed E-state index contributed by atoms with van der Waals surface area (Å²) in [7, 11) is 0. The summed E-state index contributed by atoms with van der Waals surface area (Å²) in [5.41, 5.74) is 7.00. The highest BCUT2D eigenvalue weighted by molar-refractivity contribution is 5.95. The number of nitrogen functional groups attached to an aromatic ring is 1. The van der Waals surface area contributed by atoms with E-state index in [1.54, 1.807) is 22.9 Å². The van der Waals surface area contributed by atoms with Crippen LogP contribution in [0, 0.1) is 5.41 Å². The van der Waals surface area contributed by atoms with Gasteiger partial charge in [-0.3, -0.25) is 10.2 Å². The van der Waals surface area contributed by atoms with Crippen LogP contribution in [0.15, 0.2) is 53.5 Å². The van der Waals surface area contributed by atoms with E-state index >= 15 is 0 Å². The molecule has 0 aliphatic heterocycles. The summed E-state index contributed by atoms with van der Waals surface area (Å²) in [4.78, 5) is 11.5. The molecule has 1 heterocycles. The van der Waals surface area contributed by atoms with Gasteiger partial charge in [0.25, 0.3) is 5.56 Å². The zero-order valence-electron chi connectivity index (χ0n) is 9.26. The van der Waals surface area contributed by atoms with Crippen LogP contribution in [0.4, 0.5) is 0 Å². The zero-order valence-corrected chi connectivity index (χ0v) is 9.26. The molecule has 1 aromatic heterocycles. The third-order valence-corrected chi connectivity index (χ3v) is 2.49. The fraction of sp³-hybridized carbons (Fsp3) is 0.0769. The number of nitrogens with two attached hydrogens (primary N) is 1. The van der Waals surface area contributed by atoms with Gasteiger partial charge in [0, 0.05) is 17.8 Å². The van der Waals surface area contributed by atoms with E-state index in [1.165, 1.54) is 6.07 Å². The Labute approximate surface area is 98.8 Å². The van der Waals surface area contributed by atoms with E-state index in [0.717, 1.165) is 5.56 Å². The number of nitrogens with zero attached hydrogens (tertiary/aromatic N) is 1. The van der Waals surface area contributed by atoms with E-state index in [2.05, 4.69) is 0 Å². The maximum atomic E-state index is 11.5. The molecule has 1 aromatic carbocycles. The van der Waals surface area contributed by atoms with E-state index in [1.807, 2.05) is 24.3 Å². The third-order valence-electron chi connectivity index (χ3n) is 2.49. The molecule has 86 valence electrons. The predicted octanol–water partition coefficient (Wildman–Crippen LogP) is 1.18. The first-order chi connectivity index (χ1) is 8.16. The molecule has 0 atom stereocenters. The molecule has 4 nitrogen and oxygen atoms in total. The van der Waals surface area contributed by atoms with Gasteiger partial charge < -0.3 is 10.3 Å². The molecule has 4 heteroatoms. The molecule has 0 fully saturated rings. The zero-order chi connectivity index (χ0) is 12.3. The van der Waals surface area contributed by atoms with Crippen molar-refractivity contribution in [3.05, 3.63) is 70.1 Å². The van der Waals surface area contributed by atoms with Gasteiger partial charge in [0.1, 0.15) is 5.84 Å². The summed E-state index contributed by atoms with van der Waals surface area (Å²) in [6, 6.07) is 12.4. The summed E-state index contributed by atoms with van der Waals surface area (Å²) in [6.45, 7) is 0.487. The van der Waals surface area contributed by atoms with E-state index < -0.39 is 0 Å². The van der Waals surface area contributed by atoms with Gasteiger partial charge in [-0.25, -0.2) is 0 Å². The Balaban J connectivity index is 2.31. The standard InChI is InChI=1S/C13H13N3O/c14-13(15)11-5-3-4-10(8-11)9-16-7-2-1-6-12(16)17/h1-8H,9H2,(H3,14,15). The number of rotatable bonds is 3. The smallest absolute Gasteiger partial charge is 0.250 e. The van der Waals surface area contributed by atoms with Crippen molar-refractivity contribution in [1.29, 1.82) is 5.41 Å². The summed E-state index contributed by atoms with van der Waals surface area (Å²) >= 11 is 0. The molecule has 0 amide bonds. The minimum absolute atomic E-state index is 0.0345. The average molecular weight is 227 g/mol. The fourth-order valence-corrected chi connectivity index (χ4v) is 1.63. The van der Waals surface area contributed by atoms with Gasteiger partial charge >= 0.3 is 0 Å². The van der Waals surface area contributed by atoms with Crippen LogP contribution in [-0.2, 0) is 6.54 Å². The average Bonchev–Trinajstić information content (AvgIpc) is 2.32. The number of pyridine rings is 1. The maximum absolute atomic E-state index is 11.5. The monoisotopic (exact) mass is 227 g/mol. The van der Waals surface area contributed by atoms with E-state index in [-0.39, 0.29) is 11.4 Å². The lowest BCUT2D eigenvalue weighted by molar-refractivity contribution is 0.759. The Morgan fingerprint density at radius 2 is 2.06 bits per heavy atom. The molecule has 2 rings (SSSR count). The third kappa shape index (κ3) is 2.60. The topological polar surface area (TPSA) is 71.9 Å². The van der Waals surface area contributed by atoms with Crippen molar-refractivity contribution in [1.82, 2.24) is 4.57 Å². The molecule has 0 bridgehead atoms. The van der Waals surface area contributed by atoms with Gasteiger partial charge in [-0.2, -0.15) is 0 Å². The van der Waals surface area contributed by atoms with Crippen molar-refractivity contribution < 1.29 is 0 Å². The molecule has 0 unspecified atom stereocenters. The molecule has 0 saturated heterocycles. The van der Waals surface area contributed by atoms with Crippen LogP contribution >= 0.6 is 0 Å². The molecule has 3 N–H and O–H groups in total. The number of aromatic nitrogens is 1. The summed E-state index contributed by atoms with van der Waals surface area (Å²) < 4.78 is 1.61. The highest BCUT2D eigenvalue weighted by Gasteiger charge is 2.00. The molecule has 2 aromatic rings. The summed E-state index contributed by atoms with van der Waals surface area (Å²) in [5.74, 6) is 0.0345. The lowest BCUT2D eigenvalue weighted by atomic mass is 10.1. The number of nitrogens with one attached hydrogen (secondary N) is 1. The Bertz CT molecular complexity index is 601. The number of benzene rings is 1. The van der Waals surface area contributed by atoms with E-state index in [4.69, 9.17) is 11.1 Å². The van der Waals surface area contributed by atoms with Gasteiger partial charge in [-0.15, -0.1) is 0 Å². The first-order valence-corrected chi connectivity index (χ1v) is 5.25. The van der Waals surface area contributed by atoms with Crippen molar-refractivity contribution in [2.45, 2.75) is 6.54 Å². The molecule has 0 saturated carbocycles. The summed E-state index contributed by atoms with van der Waals surface area (Å²) in [5, 5.41) is 7.36. The molecule has 0 aliphatic rings. The second kappa shape index (κ2) is 4.65. The van der Waals surface area contributed by atoms with Crippen LogP contribution in [-0.4, -0.2) is 10.4 Å². The van der Waals surface area contributed by atoms with Gasteiger partial charge in [-0.1, -0.05) is 24.3 Å². The van der Waals surface area contributed by atoms with Gasteiger partial charge in [0.15, 0.2) is 0 Å². The van der Waals surface area contributed by atoms with E-state index in [9.17, 15) is 4.79 Å². The molecular weight excluding hydrogens is 214 g/mol. The normalized spacial score (nSPS) is 10.1. The Hall–Kier alpha value is -2.36. The van der Waals surface area contributed by atoms with Crippen LogP contribution in [0.2, 0.25) is 0 Å². The largest absolute Gasteiger partial charge is 0.384 e. The van der Waals surface area contributed by atoms with Crippen LogP contribution in [0.25, 0.3) is 0 Å². The highest BCUT2D eigenvalue weighted by Crippen LogP contribution is 2.05. The SMILES string of the molecule is N=C(N)c1cccc(Cn2ccccc2=O)c1. The van der Waals surface area contributed by atoms with Crippen LogP contribution < -0.4 is 11.3 Å². The molecular formula is C13H13N3O. The summed E-state index contributed by atoms with van der Waals surface area (Å²) in [6.07, 6.45) is 1.74.